The van der Waals surface area contributed by atoms with Gasteiger partial charge in [-0.2, -0.15) is 0 Å². The highest BCUT2D eigenvalue weighted by Gasteiger charge is 2.37. The van der Waals surface area contributed by atoms with Gasteiger partial charge in [0.15, 0.2) is 0 Å². The van der Waals surface area contributed by atoms with Gasteiger partial charge in [-0.25, -0.2) is 0 Å². The Morgan fingerprint density at radius 2 is 1.68 bits per heavy atom. The number of carbonyl (C=O) groups is 2. The molecule has 1 aliphatic heterocycles. The Kier molecular flexibility index (Phi) is 9.45. The minimum atomic E-state index is -0.461. The van der Waals surface area contributed by atoms with Crippen LogP contribution in [0.1, 0.15) is 49.8 Å². The minimum absolute atomic E-state index is 0.125. The fraction of sp³-hybridized carbons (Fsp3) is 0.333. The van der Waals surface area contributed by atoms with E-state index >= 15 is 0 Å². The van der Waals surface area contributed by atoms with Crippen LogP contribution >= 0.6 is 23.1 Å². The summed E-state index contributed by atoms with van der Waals surface area (Å²) in [7, 11) is 0. The monoisotopic (exact) mass is 573 g/mol. The molecule has 3 aromatic carbocycles. The van der Waals surface area contributed by atoms with Gasteiger partial charge in [0.1, 0.15) is 17.5 Å². The molecular weight excluding hydrogens is 539 g/mol. The van der Waals surface area contributed by atoms with E-state index < -0.39 is 6.04 Å². The summed E-state index contributed by atoms with van der Waals surface area (Å²) in [5, 5.41) is 3.32. The Balaban J connectivity index is 1.13. The van der Waals surface area contributed by atoms with E-state index in [9.17, 15) is 9.59 Å². The van der Waals surface area contributed by atoms with Crippen LogP contribution < -0.4 is 14.4 Å². The highest BCUT2D eigenvalue weighted by atomic mass is 32.2. The number of benzene rings is 3. The lowest BCUT2D eigenvalue weighted by Gasteiger charge is -2.20. The number of hydrogen-bond donors (Lipinski definition) is 0. The van der Waals surface area contributed by atoms with Crippen molar-refractivity contribution in [1.82, 2.24) is 0 Å². The second kappa shape index (κ2) is 13.4. The molecule has 0 radical (unpaired) electrons. The van der Waals surface area contributed by atoms with Crippen LogP contribution in [0.15, 0.2) is 72.1 Å². The van der Waals surface area contributed by atoms with Crippen molar-refractivity contribution < 1.29 is 19.1 Å². The van der Waals surface area contributed by atoms with E-state index in [1.807, 2.05) is 35.6 Å². The van der Waals surface area contributed by atoms with Crippen molar-refractivity contribution >= 4 is 49.2 Å². The van der Waals surface area contributed by atoms with Gasteiger partial charge in [-0.15, -0.1) is 11.3 Å². The van der Waals surface area contributed by atoms with Crippen LogP contribution in [0.4, 0.5) is 10.5 Å². The molecule has 0 bridgehead atoms. The molecule has 1 amide bonds. The molecule has 5 rings (SSSR count). The quantitative estimate of drug-likeness (QED) is 0.150. The first-order chi connectivity index (χ1) is 19.5. The van der Waals surface area contributed by atoms with E-state index in [0.29, 0.717) is 24.7 Å². The zero-order chi connectivity index (χ0) is 27.9. The molecule has 1 aromatic heterocycles. The summed E-state index contributed by atoms with van der Waals surface area (Å²) in [6.07, 6.45) is 5.91. The van der Waals surface area contributed by atoms with Crippen LogP contribution in [-0.2, 0) is 24.1 Å². The van der Waals surface area contributed by atoms with Gasteiger partial charge < -0.3 is 9.47 Å². The van der Waals surface area contributed by atoms with E-state index in [-0.39, 0.29) is 10.4 Å². The third kappa shape index (κ3) is 6.53. The van der Waals surface area contributed by atoms with E-state index in [2.05, 4.69) is 54.8 Å². The Morgan fingerprint density at radius 1 is 0.875 bits per heavy atom. The first kappa shape index (κ1) is 28.2. The molecule has 208 valence electrons. The molecule has 1 saturated heterocycles. The lowest BCUT2D eigenvalue weighted by atomic mass is 10.0. The SMILES string of the molecule is CCCc1c(OCCCCOc2cccc(N3C(=O)SC(=O)C3C)c2)ccc2c(CCc3ccccc3)csc12. The van der Waals surface area contributed by atoms with Crippen LogP contribution in [0.3, 0.4) is 0 Å². The molecule has 1 atom stereocenters. The summed E-state index contributed by atoms with van der Waals surface area (Å²) in [6.45, 7) is 5.16. The Bertz CT molecular complexity index is 1470. The van der Waals surface area contributed by atoms with Crippen molar-refractivity contribution in [2.45, 2.75) is 58.4 Å². The molecule has 1 fully saturated rings. The summed E-state index contributed by atoms with van der Waals surface area (Å²) >= 11 is 2.60. The molecule has 1 unspecified atom stereocenters. The molecule has 0 N–H and O–H groups in total. The third-order valence-electron chi connectivity index (χ3n) is 7.18. The maximum atomic E-state index is 12.2. The van der Waals surface area contributed by atoms with E-state index in [4.69, 9.17) is 9.47 Å². The topological polar surface area (TPSA) is 55.8 Å². The predicted molar refractivity (Wildman–Crippen MR) is 166 cm³/mol. The van der Waals surface area contributed by atoms with Gasteiger partial charge in [0.05, 0.1) is 13.2 Å². The predicted octanol–water partition coefficient (Wildman–Crippen LogP) is 8.47. The molecule has 0 saturated carbocycles. The van der Waals surface area contributed by atoms with Crippen LogP contribution in [0, 0.1) is 0 Å². The van der Waals surface area contributed by atoms with Crippen LogP contribution in [0.5, 0.6) is 11.5 Å². The van der Waals surface area contributed by atoms with Crippen LogP contribution in [-0.4, -0.2) is 29.6 Å². The van der Waals surface area contributed by atoms with Crippen molar-refractivity contribution in [2.75, 3.05) is 18.1 Å². The Morgan fingerprint density at radius 3 is 2.42 bits per heavy atom. The molecule has 0 aliphatic carbocycles. The number of rotatable bonds is 13. The van der Waals surface area contributed by atoms with Gasteiger partial charge >= 0.3 is 0 Å². The average Bonchev–Trinajstić information content (AvgIpc) is 3.50. The molecule has 5 nitrogen and oxygen atoms in total. The molecule has 40 heavy (non-hydrogen) atoms. The standard InChI is InChI=1S/C33H35NO4S2/c1-3-10-29-30(18-17-28-25(22-39-31(28)29)16-15-24-11-5-4-6-12-24)38-20-8-7-19-37-27-14-9-13-26(21-27)34-23(2)32(35)40-33(34)36/h4-6,9,11-14,17-18,21-23H,3,7-8,10,15-16,19-20H2,1-2H3. The molecule has 4 aromatic rings. The van der Waals surface area contributed by atoms with Crippen molar-refractivity contribution in [1.29, 1.82) is 0 Å². The second-order valence-electron chi connectivity index (χ2n) is 10.0. The molecule has 7 heteroatoms. The number of unbranched alkanes of at least 4 members (excludes halogenated alkanes) is 1. The number of anilines is 1. The summed E-state index contributed by atoms with van der Waals surface area (Å²) in [5.74, 6) is 1.69. The number of ether oxygens (including phenoxy) is 2. The number of fused-ring (bicyclic) bond motifs is 1. The van der Waals surface area contributed by atoms with Gasteiger partial charge in [0.25, 0.3) is 5.24 Å². The number of hydrogen-bond acceptors (Lipinski definition) is 6. The van der Waals surface area contributed by atoms with E-state index in [1.54, 1.807) is 6.92 Å². The van der Waals surface area contributed by atoms with E-state index in [0.717, 1.165) is 56.0 Å². The maximum Gasteiger partial charge on any atom is 0.294 e. The fourth-order valence-corrected chi connectivity index (χ4v) is 7.03. The number of aryl methyl sites for hydroxylation is 3. The normalized spacial score (nSPS) is 15.2. The average molecular weight is 574 g/mol. The molecule has 1 aliphatic rings. The fourth-order valence-electron chi connectivity index (χ4n) is 5.04. The lowest BCUT2D eigenvalue weighted by Crippen LogP contribution is -2.32. The number of thiophene rings is 1. The van der Waals surface area contributed by atoms with Crippen molar-refractivity contribution in [3.8, 4) is 11.5 Å². The molecule has 2 heterocycles. The zero-order valence-corrected chi connectivity index (χ0v) is 24.7. The van der Waals surface area contributed by atoms with Gasteiger partial charge in [0.2, 0.25) is 5.12 Å². The van der Waals surface area contributed by atoms with Gasteiger partial charge in [0, 0.05) is 33.8 Å². The Labute approximate surface area is 244 Å². The number of nitrogens with zero attached hydrogens (tertiary/aromatic N) is 1. The lowest BCUT2D eigenvalue weighted by molar-refractivity contribution is -0.111. The maximum absolute atomic E-state index is 12.2. The first-order valence-electron chi connectivity index (χ1n) is 14.0. The van der Waals surface area contributed by atoms with Crippen molar-refractivity contribution in [2.24, 2.45) is 0 Å². The van der Waals surface area contributed by atoms with Gasteiger partial charge in [-0.3, -0.25) is 14.5 Å². The summed E-state index contributed by atoms with van der Waals surface area (Å²) in [6, 6.07) is 22.0. The number of amides is 1. The Hall–Kier alpha value is -3.29. The van der Waals surface area contributed by atoms with Gasteiger partial charge in [-0.05, 0) is 85.2 Å². The number of carbonyl (C=O) groups excluding carboxylic acids is 2. The van der Waals surface area contributed by atoms with Crippen molar-refractivity contribution in [3.05, 3.63) is 88.8 Å². The zero-order valence-electron chi connectivity index (χ0n) is 23.1. The minimum Gasteiger partial charge on any atom is -0.494 e. The van der Waals surface area contributed by atoms with Crippen LogP contribution in [0.2, 0.25) is 0 Å². The molecular formula is C33H35NO4S2. The number of thioether (sulfide) groups is 1. The first-order valence-corrected chi connectivity index (χ1v) is 15.7. The summed E-state index contributed by atoms with van der Waals surface area (Å²) in [4.78, 5) is 25.6. The van der Waals surface area contributed by atoms with Crippen molar-refractivity contribution in [3.63, 3.8) is 0 Å². The van der Waals surface area contributed by atoms with Gasteiger partial charge in [-0.1, -0.05) is 49.7 Å². The highest BCUT2D eigenvalue weighted by molar-refractivity contribution is 8.27. The largest absolute Gasteiger partial charge is 0.494 e. The van der Waals surface area contributed by atoms with E-state index in [1.165, 1.54) is 31.7 Å². The smallest absolute Gasteiger partial charge is 0.294 e. The second-order valence-corrected chi connectivity index (χ2v) is 11.9. The molecule has 0 spiro atoms. The van der Waals surface area contributed by atoms with Crippen LogP contribution in [0.25, 0.3) is 10.1 Å². The highest BCUT2D eigenvalue weighted by Crippen LogP contribution is 2.36. The summed E-state index contributed by atoms with van der Waals surface area (Å²) < 4.78 is 13.6. The summed E-state index contributed by atoms with van der Waals surface area (Å²) in [5.41, 5.74) is 4.81. The third-order valence-corrected chi connectivity index (χ3v) is 9.20.